The van der Waals surface area contributed by atoms with Gasteiger partial charge in [-0.05, 0) is 12.1 Å². The number of fused-ring (bicyclic) bond motifs is 1. The van der Waals surface area contributed by atoms with E-state index < -0.39 is 16.8 Å². The summed E-state index contributed by atoms with van der Waals surface area (Å²) >= 11 is 1.13. The van der Waals surface area contributed by atoms with Gasteiger partial charge in [0, 0.05) is 28.2 Å². The summed E-state index contributed by atoms with van der Waals surface area (Å²) in [5.41, 5.74) is 6.18. The third-order valence-electron chi connectivity index (χ3n) is 3.82. The topological polar surface area (TPSA) is 131 Å². The van der Waals surface area contributed by atoms with Gasteiger partial charge in [-0.25, -0.2) is 4.79 Å². The molecule has 2 N–H and O–H groups in total. The number of hydrogen-bond acceptors (Lipinski definition) is 8. The Kier molecular flexibility index (Phi) is 6.12. The number of non-ortho nitro benzene ring substituents is 1. The van der Waals surface area contributed by atoms with Crippen LogP contribution in [0.3, 0.4) is 0 Å². The number of benzene rings is 2. The molecule has 1 aliphatic heterocycles. The minimum Gasteiger partial charge on any atom is -0.467 e. The summed E-state index contributed by atoms with van der Waals surface area (Å²) < 4.78 is 15.9. The quantitative estimate of drug-likeness (QED) is 0.322. The zero-order valence-corrected chi connectivity index (χ0v) is 15.4. The summed E-state index contributed by atoms with van der Waals surface area (Å²) in [6, 6.07) is 9.32. The molecule has 0 spiro atoms. The summed E-state index contributed by atoms with van der Waals surface area (Å²) in [4.78, 5) is 34.7. The van der Waals surface area contributed by atoms with Crippen LogP contribution in [-0.2, 0) is 27.5 Å². The number of nitrogens with two attached hydrogens (primary N) is 1. The molecule has 10 heteroatoms. The Balaban J connectivity index is 1.79. The number of ether oxygens (including phenoxy) is 3. The lowest BCUT2D eigenvalue weighted by atomic mass is 10.1. The fourth-order valence-corrected chi connectivity index (χ4v) is 3.40. The minimum absolute atomic E-state index is 0.0123. The summed E-state index contributed by atoms with van der Waals surface area (Å²) in [5.74, 6) is -0.687. The van der Waals surface area contributed by atoms with E-state index >= 15 is 0 Å². The zero-order valence-electron chi connectivity index (χ0n) is 14.6. The molecular weight excluding hydrogens is 388 g/mol. The molecule has 2 aromatic carbocycles. The fraction of sp³-hybridized carbons (Fsp3) is 0.222. The first-order valence-corrected chi connectivity index (χ1v) is 9.12. The molecule has 1 heterocycles. The van der Waals surface area contributed by atoms with Gasteiger partial charge in [0.15, 0.2) is 6.79 Å². The summed E-state index contributed by atoms with van der Waals surface area (Å²) in [6.45, 7) is -0.0272. The highest BCUT2D eigenvalue weighted by Crippen LogP contribution is 2.33. The zero-order chi connectivity index (χ0) is 20.1. The van der Waals surface area contributed by atoms with E-state index in [1.165, 1.54) is 12.1 Å². The number of primary amides is 1. The van der Waals surface area contributed by atoms with Crippen molar-refractivity contribution in [1.29, 1.82) is 0 Å². The van der Waals surface area contributed by atoms with Crippen LogP contribution in [0.5, 0.6) is 5.75 Å². The SMILES string of the molecule is NC(=O)CSc1ccccc1C(=O)OCc1cc([N+](=O)[O-])cc2c1OCOC2. The minimum atomic E-state index is -0.625. The summed E-state index contributed by atoms with van der Waals surface area (Å²) in [5, 5.41) is 11.1. The van der Waals surface area contributed by atoms with Crippen molar-refractivity contribution in [2.45, 2.75) is 18.1 Å². The fourth-order valence-electron chi connectivity index (χ4n) is 2.62. The second-order valence-corrected chi connectivity index (χ2v) is 6.81. The molecule has 3 rings (SSSR count). The number of rotatable bonds is 7. The van der Waals surface area contributed by atoms with Crippen LogP contribution in [0.2, 0.25) is 0 Å². The predicted molar refractivity (Wildman–Crippen MR) is 98.9 cm³/mol. The Morgan fingerprint density at radius 1 is 1.29 bits per heavy atom. The number of carbonyl (C=O) groups is 2. The van der Waals surface area contributed by atoms with E-state index in [0.29, 0.717) is 21.8 Å². The summed E-state index contributed by atoms with van der Waals surface area (Å²) in [7, 11) is 0. The Labute approximate surface area is 163 Å². The number of nitrogens with zero attached hydrogens (tertiary/aromatic N) is 1. The maximum atomic E-state index is 12.5. The smallest absolute Gasteiger partial charge is 0.339 e. The Morgan fingerprint density at radius 2 is 2.07 bits per heavy atom. The molecule has 2 aromatic rings. The maximum absolute atomic E-state index is 12.5. The second-order valence-electron chi connectivity index (χ2n) is 5.79. The molecular formula is C18H16N2O7S. The van der Waals surface area contributed by atoms with Crippen molar-refractivity contribution in [1.82, 2.24) is 0 Å². The first kappa shape index (κ1) is 19.6. The van der Waals surface area contributed by atoms with Crippen LogP contribution in [-0.4, -0.2) is 29.3 Å². The van der Waals surface area contributed by atoms with E-state index in [1.54, 1.807) is 24.3 Å². The van der Waals surface area contributed by atoms with Gasteiger partial charge in [-0.1, -0.05) is 12.1 Å². The Morgan fingerprint density at radius 3 is 2.82 bits per heavy atom. The van der Waals surface area contributed by atoms with Crippen LogP contribution >= 0.6 is 11.8 Å². The van der Waals surface area contributed by atoms with E-state index in [-0.39, 0.29) is 37.0 Å². The maximum Gasteiger partial charge on any atom is 0.339 e. The van der Waals surface area contributed by atoms with Crippen molar-refractivity contribution >= 4 is 29.3 Å². The van der Waals surface area contributed by atoms with Gasteiger partial charge in [-0.2, -0.15) is 0 Å². The molecule has 0 unspecified atom stereocenters. The monoisotopic (exact) mass is 404 g/mol. The van der Waals surface area contributed by atoms with Crippen LogP contribution in [0.1, 0.15) is 21.5 Å². The molecule has 0 aromatic heterocycles. The molecule has 0 fully saturated rings. The van der Waals surface area contributed by atoms with Crippen LogP contribution in [0.4, 0.5) is 5.69 Å². The van der Waals surface area contributed by atoms with Crippen LogP contribution < -0.4 is 10.5 Å². The molecule has 0 saturated carbocycles. The molecule has 1 amide bonds. The molecule has 0 aliphatic carbocycles. The number of nitro groups is 1. The molecule has 28 heavy (non-hydrogen) atoms. The molecule has 0 atom stereocenters. The highest BCUT2D eigenvalue weighted by Gasteiger charge is 2.22. The molecule has 9 nitrogen and oxygen atoms in total. The van der Waals surface area contributed by atoms with Gasteiger partial charge in [0.1, 0.15) is 12.4 Å². The molecule has 1 aliphatic rings. The molecule has 0 radical (unpaired) electrons. The largest absolute Gasteiger partial charge is 0.467 e. The van der Waals surface area contributed by atoms with Crippen molar-refractivity contribution in [3.63, 3.8) is 0 Å². The number of esters is 1. The van der Waals surface area contributed by atoms with Crippen molar-refractivity contribution in [2.24, 2.45) is 5.73 Å². The van der Waals surface area contributed by atoms with Gasteiger partial charge in [0.05, 0.1) is 22.8 Å². The number of amides is 1. The molecule has 146 valence electrons. The summed E-state index contributed by atoms with van der Waals surface area (Å²) in [6.07, 6.45) is 0. The van der Waals surface area contributed by atoms with Gasteiger partial charge in [-0.3, -0.25) is 14.9 Å². The van der Waals surface area contributed by atoms with Crippen molar-refractivity contribution < 1.29 is 28.7 Å². The first-order chi connectivity index (χ1) is 13.5. The van der Waals surface area contributed by atoms with Crippen LogP contribution in [0, 0.1) is 10.1 Å². The Bertz CT molecular complexity index is 932. The number of hydrogen-bond donors (Lipinski definition) is 1. The van der Waals surface area contributed by atoms with E-state index in [4.69, 9.17) is 19.9 Å². The van der Waals surface area contributed by atoms with E-state index in [1.807, 2.05) is 0 Å². The molecule has 0 bridgehead atoms. The van der Waals surface area contributed by atoms with E-state index in [9.17, 15) is 19.7 Å². The second kappa shape index (κ2) is 8.72. The third kappa shape index (κ3) is 4.59. The van der Waals surface area contributed by atoms with Gasteiger partial charge in [0.25, 0.3) is 5.69 Å². The lowest BCUT2D eigenvalue weighted by Gasteiger charge is -2.20. The predicted octanol–water partition coefficient (Wildman–Crippen LogP) is 2.40. The normalized spacial score (nSPS) is 12.6. The first-order valence-electron chi connectivity index (χ1n) is 8.13. The number of thioether (sulfide) groups is 1. The van der Waals surface area contributed by atoms with E-state index in [2.05, 4.69) is 0 Å². The number of nitro benzene ring substituents is 1. The Hall–Kier alpha value is -3.11. The average Bonchev–Trinajstić information content (AvgIpc) is 2.70. The van der Waals surface area contributed by atoms with Gasteiger partial charge in [0.2, 0.25) is 5.91 Å². The number of carbonyl (C=O) groups excluding carboxylic acids is 2. The van der Waals surface area contributed by atoms with Crippen LogP contribution in [0.25, 0.3) is 0 Å². The van der Waals surface area contributed by atoms with Crippen LogP contribution in [0.15, 0.2) is 41.3 Å². The van der Waals surface area contributed by atoms with Gasteiger partial charge < -0.3 is 19.9 Å². The van der Waals surface area contributed by atoms with Crippen molar-refractivity contribution in [3.8, 4) is 5.75 Å². The van der Waals surface area contributed by atoms with Crippen molar-refractivity contribution in [3.05, 3.63) is 63.2 Å². The standard InChI is InChI=1S/C18H16N2O7S/c19-16(21)9-28-15-4-2-1-3-14(15)18(22)26-8-12-6-13(20(23)24)5-11-7-25-10-27-17(11)12/h1-6H,7-10H2,(H2,19,21). The lowest BCUT2D eigenvalue weighted by Crippen LogP contribution is -2.15. The van der Waals surface area contributed by atoms with Gasteiger partial charge in [-0.15, -0.1) is 11.8 Å². The van der Waals surface area contributed by atoms with Crippen molar-refractivity contribution in [2.75, 3.05) is 12.5 Å². The highest BCUT2D eigenvalue weighted by molar-refractivity contribution is 8.00. The van der Waals surface area contributed by atoms with E-state index in [0.717, 1.165) is 11.8 Å². The highest BCUT2D eigenvalue weighted by atomic mass is 32.2. The van der Waals surface area contributed by atoms with Gasteiger partial charge >= 0.3 is 5.97 Å². The molecule has 0 saturated heterocycles. The third-order valence-corrected chi connectivity index (χ3v) is 4.91. The lowest BCUT2D eigenvalue weighted by molar-refractivity contribution is -0.385. The average molecular weight is 404 g/mol.